The molecule has 5 heteroatoms. The molecule has 2 N–H and O–H groups in total. The van der Waals surface area contributed by atoms with Gasteiger partial charge in [0.1, 0.15) is 0 Å². The molecule has 1 amide bonds. The number of amides is 1. The Bertz CT molecular complexity index is 205. The number of piperidine rings is 1. The Kier molecular flexibility index (Phi) is 6.37. The lowest BCUT2D eigenvalue weighted by Crippen LogP contribution is -2.48. The van der Waals surface area contributed by atoms with E-state index in [1.165, 1.54) is 0 Å². The van der Waals surface area contributed by atoms with E-state index in [0.717, 1.165) is 25.8 Å². The Labute approximate surface area is 96.9 Å². The fourth-order valence-corrected chi connectivity index (χ4v) is 1.81. The van der Waals surface area contributed by atoms with E-state index in [1.54, 1.807) is 14.2 Å². The predicted molar refractivity (Wildman–Crippen MR) is 61.3 cm³/mol. The molecular weight excluding hydrogens is 208 g/mol. The van der Waals surface area contributed by atoms with Gasteiger partial charge in [0.15, 0.2) is 0 Å². The molecule has 0 aromatic carbocycles. The minimum atomic E-state index is -0.0717. The SMILES string of the molecule is COCC(CNC(=O)C1CCCCN1)OC. The van der Waals surface area contributed by atoms with Crippen LogP contribution in [0.1, 0.15) is 19.3 Å². The van der Waals surface area contributed by atoms with E-state index in [2.05, 4.69) is 10.6 Å². The van der Waals surface area contributed by atoms with Gasteiger partial charge in [0.25, 0.3) is 0 Å². The van der Waals surface area contributed by atoms with Gasteiger partial charge in [-0.3, -0.25) is 4.79 Å². The largest absolute Gasteiger partial charge is 0.382 e. The molecule has 1 saturated heterocycles. The maximum atomic E-state index is 11.8. The van der Waals surface area contributed by atoms with Crippen LogP contribution in [-0.2, 0) is 14.3 Å². The average molecular weight is 230 g/mol. The summed E-state index contributed by atoms with van der Waals surface area (Å²) < 4.78 is 10.1. The highest BCUT2D eigenvalue weighted by Crippen LogP contribution is 2.06. The third-order valence-electron chi connectivity index (χ3n) is 2.82. The van der Waals surface area contributed by atoms with Crippen molar-refractivity contribution in [3.63, 3.8) is 0 Å². The van der Waals surface area contributed by atoms with E-state index in [9.17, 15) is 4.79 Å². The molecule has 94 valence electrons. The van der Waals surface area contributed by atoms with Crippen LogP contribution in [-0.4, -0.2) is 52.0 Å². The summed E-state index contributed by atoms with van der Waals surface area (Å²) in [4.78, 5) is 11.8. The van der Waals surface area contributed by atoms with Gasteiger partial charge in [0, 0.05) is 20.8 Å². The summed E-state index contributed by atoms with van der Waals surface area (Å²) in [6.45, 7) is 1.93. The molecule has 0 radical (unpaired) electrons. The van der Waals surface area contributed by atoms with Crippen LogP contribution in [0.3, 0.4) is 0 Å². The molecule has 5 nitrogen and oxygen atoms in total. The zero-order valence-corrected chi connectivity index (χ0v) is 10.1. The number of hydrogen-bond acceptors (Lipinski definition) is 4. The van der Waals surface area contributed by atoms with Crippen molar-refractivity contribution < 1.29 is 14.3 Å². The van der Waals surface area contributed by atoms with E-state index in [1.807, 2.05) is 0 Å². The Morgan fingerprint density at radius 1 is 1.50 bits per heavy atom. The maximum absolute atomic E-state index is 11.8. The second-order valence-electron chi connectivity index (χ2n) is 4.06. The summed E-state index contributed by atoms with van der Waals surface area (Å²) in [6, 6.07) is -0.0335. The summed E-state index contributed by atoms with van der Waals surface area (Å²) in [7, 11) is 3.24. The number of ether oxygens (including phenoxy) is 2. The highest BCUT2D eigenvalue weighted by atomic mass is 16.5. The van der Waals surface area contributed by atoms with E-state index >= 15 is 0 Å². The summed E-state index contributed by atoms with van der Waals surface area (Å²) in [6.07, 6.45) is 3.14. The third-order valence-corrected chi connectivity index (χ3v) is 2.82. The van der Waals surface area contributed by atoms with Gasteiger partial charge < -0.3 is 20.1 Å². The van der Waals surface area contributed by atoms with Crippen LogP contribution in [0.2, 0.25) is 0 Å². The first-order valence-corrected chi connectivity index (χ1v) is 5.80. The van der Waals surface area contributed by atoms with Crippen molar-refractivity contribution in [1.82, 2.24) is 10.6 Å². The number of carbonyl (C=O) groups excluding carboxylic acids is 1. The first-order chi connectivity index (χ1) is 7.77. The van der Waals surface area contributed by atoms with E-state index in [0.29, 0.717) is 13.2 Å². The molecule has 2 atom stereocenters. The van der Waals surface area contributed by atoms with Gasteiger partial charge in [-0.25, -0.2) is 0 Å². The predicted octanol–water partition coefficient (Wildman–Crippen LogP) is -0.0939. The Hall–Kier alpha value is -0.650. The molecule has 0 bridgehead atoms. The molecule has 1 heterocycles. The van der Waals surface area contributed by atoms with Gasteiger partial charge in [-0.1, -0.05) is 6.42 Å². The van der Waals surface area contributed by atoms with Gasteiger partial charge >= 0.3 is 0 Å². The lowest BCUT2D eigenvalue weighted by Gasteiger charge is -2.23. The zero-order chi connectivity index (χ0) is 11.8. The van der Waals surface area contributed by atoms with E-state index < -0.39 is 0 Å². The first kappa shape index (κ1) is 13.4. The summed E-state index contributed by atoms with van der Waals surface area (Å²) in [5, 5.41) is 6.09. The average Bonchev–Trinajstić information content (AvgIpc) is 2.35. The molecule has 1 aliphatic rings. The smallest absolute Gasteiger partial charge is 0.237 e. The van der Waals surface area contributed by atoms with Crippen LogP contribution in [0.25, 0.3) is 0 Å². The molecule has 0 aromatic heterocycles. The fourth-order valence-electron chi connectivity index (χ4n) is 1.81. The third kappa shape index (κ3) is 4.47. The van der Waals surface area contributed by atoms with Gasteiger partial charge in [-0.05, 0) is 19.4 Å². The van der Waals surface area contributed by atoms with E-state index in [-0.39, 0.29) is 18.1 Å². The quantitative estimate of drug-likeness (QED) is 0.669. The monoisotopic (exact) mass is 230 g/mol. The van der Waals surface area contributed by atoms with E-state index in [4.69, 9.17) is 9.47 Å². The zero-order valence-electron chi connectivity index (χ0n) is 10.1. The Morgan fingerprint density at radius 3 is 2.88 bits per heavy atom. The van der Waals surface area contributed by atoms with Crippen molar-refractivity contribution in [2.75, 3.05) is 33.9 Å². The van der Waals surface area contributed by atoms with Crippen molar-refractivity contribution in [2.45, 2.75) is 31.4 Å². The number of carbonyl (C=O) groups is 1. The van der Waals surface area contributed by atoms with Crippen molar-refractivity contribution in [3.05, 3.63) is 0 Å². The molecule has 0 saturated carbocycles. The minimum absolute atomic E-state index is 0.0335. The fraction of sp³-hybridized carbons (Fsp3) is 0.909. The topological polar surface area (TPSA) is 59.6 Å². The van der Waals surface area contributed by atoms with Gasteiger partial charge in [0.05, 0.1) is 18.8 Å². The molecule has 1 aliphatic heterocycles. The highest BCUT2D eigenvalue weighted by molar-refractivity contribution is 5.81. The van der Waals surface area contributed by atoms with Crippen LogP contribution >= 0.6 is 0 Å². The second kappa shape index (κ2) is 7.60. The molecular formula is C11H22N2O3. The van der Waals surface area contributed by atoms with Crippen LogP contribution < -0.4 is 10.6 Å². The minimum Gasteiger partial charge on any atom is -0.382 e. The molecule has 0 aromatic rings. The lowest BCUT2D eigenvalue weighted by atomic mass is 10.0. The summed E-state index contributed by atoms with van der Waals surface area (Å²) >= 11 is 0. The van der Waals surface area contributed by atoms with Crippen LogP contribution in [0.4, 0.5) is 0 Å². The van der Waals surface area contributed by atoms with Crippen molar-refractivity contribution in [1.29, 1.82) is 0 Å². The number of nitrogens with one attached hydrogen (secondary N) is 2. The highest BCUT2D eigenvalue weighted by Gasteiger charge is 2.20. The number of methoxy groups -OCH3 is 2. The maximum Gasteiger partial charge on any atom is 0.237 e. The molecule has 0 aliphatic carbocycles. The molecule has 1 fully saturated rings. The van der Waals surface area contributed by atoms with Crippen molar-refractivity contribution >= 4 is 5.91 Å². The van der Waals surface area contributed by atoms with Crippen LogP contribution in [0, 0.1) is 0 Å². The number of rotatable bonds is 6. The first-order valence-electron chi connectivity index (χ1n) is 5.80. The Balaban J connectivity index is 2.22. The van der Waals surface area contributed by atoms with Crippen molar-refractivity contribution in [2.24, 2.45) is 0 Å². The van der Waals surface area contributed by atoms with Crippen LogP contribution in [0.15, 0.2) is 0 Å². The summed E-state index contributed by atoms with van der Waals surface area (Å²) in [5.41, 5.74) is 0. The lowest BCUT2D eigenvalue weighted by molar-refractivity contribution is -0.124. The van der Waals surface area contributed by atoms with Crippen molar-refractivity contribution in [3.8, 4) is 0 Å². The molecule has 1 rings (SSSR count). The molecule has 16 heavy (non-hydrogen) atoms. The summed E-state index contributed by atoms with van der Waals surface area (Å²) in [5.74, 6) is 0.0675. The van der Waals surface area contributed by atoms with Gasteiger partial charge in [-0.2, -0.15) is 0 Å². The standard InChI is InChI=1S/C11H22N2O3/c1-15-8-9(16-2)7-13-11(14)10-5-3-4-6-12-10/h9-10,12H,3-8H2,1-2H3,(H,13,14). The van der Waals surface area contributed by atoms with Crippen LogP contribution in [0.5, 0.6) is 0 Å². The molecule has 0 spiro atoms. The number of hydrogen-bond donors (Lipinski definition) is 2. The Morgan fingerprint density at radius 2 is 2.31 bits per heavy atom. The van der Waals surface area contributed by atoms with Gasteiger partial charge in [-0.15, -0.1) is 0 Å². The normalized spacial score (nSPS) is 22.8. The second-order valence-corrected chi connectivity index (χ2v) is 4.06. The van der Waals surface area contributed by atoms with Gasteiger partial charge in [0.2, 0.25) is 5.91 Å². The molecule has 2 unspecified atom stereocenters.